The fourth-order valence-corrected chi connectivity index (χ4v) is 9.42. The molecule has 0 aromatic heterocycles. The van der Waals surface area contributed by atoms with Crippen LogP contribution in [-0.4, -0.2) is 61.3 Å². The predicted octanol–water partition coefficient (Wildman–Crippen LogP) is 8.46. The number of hydrogen-bond acceptors (Lipinski definition) is 7. The zero-order chi connectivity index (χ0) is 35.1. The lowest BCUT2D eigenvalue weighted by Crippen LogP contribution is -2.44. The van der Waals surface area contributed by atoms with Crippen LogP contribution in [0.4, 0.5) is 0 Å². The Labute approximate surface area is 292 Å². The van der Waals surface area contributed by atoms with Gasteiger partial charge in [0.15, 0.2) is 0 Å². The molecular weight excluding hydrogens is 604 g/mol. The second-order valence-electron chi connectivity index (χ2n) is 16.0. The normalized spacial score (nSPS) is 30.9. The maximum Gasteiger partial charge on any atom is 0.333 e. The number of aliphatic hydroxyl groups is 2. The summed E-state index contributed by atoms with van der Waals surface area (Å²) >= 11 is 0. The van der Waals surface area contributed by atoms with E-state index < -0.39 is 0 Å². The molecule has 7 nitrogen and oxygen atoms in total. The van der Waals surface area contributed by atoms with Crippen LogP contribution in [0.2, 0.25) is 0 Å². The highest BCUT2D eigenvalue weighted by molar-refractivity contribution is 5.87. The van der Waals surface area contributed by atoms with Crippen LogP contribution in [0.15, 0.2) is 24.3 Å². The van der Waals surface area contributed by atoms with Crippen LogP contribution in [0.1, 0.15) is 130 Å². The highest BCUT2D eigenvalue weighted by Gasteiger charge is 2.44. The summed E-state index contributed by atoms with van der Waals surface area (Å²) in [5, 5.41) is 19.3. The Bertz CT molecular complexity index is 937. The summed E-state index contributed by atoms with van der Waals surface area (Å²) < 4.78 is 17.7. The molecule has 0 aliphatic heterocycles. The van der Waals surface area contributed by atoms with Gasteiger partial charge in [-0.25, -0.2) is 9.59 Å². The summed E-state index contributed by atoms with van der Waals surface area (Å²) in [6.07, 6.45) is 18.6. The highest BCUT2D eigenvalue weighted by atomic mass is 16.5. The topological polar surface area (TPSA) is 102 Å². The molecule has 0 amide bonds. The second-order valence-corrected chi connectivity index (χ2v) is 16.0. The molecule has 2 N–H and O–H groups in total. The maximum absolute atomic E-state index is 12.1. The van der Waals surface area contributed by atoms with Gasteiger partial charge in [-0.1, -0.05) is 52.7 Å². The smallest absolute Gasteiger partial charge is 0.333 e. The van der Waals surface area contributed by atoms with Crippen molar-refractivity contribution < 1.29 is 34.0 Å². The quantitative estimate of drug-likeness (QED) is 0.0759. The minimum Gasteiger partial charge on any atom is -0.462 e. The molecule has 3 fully saturated rings. The van der Waals surface area contributed by atoms with Crippen LogP contribution in [0, 0.1) is 53.3 Å². The summed E-state index contributed by atoms with van der Waals surface area (Å²) in [5.74, 6) is 4.63. The van der Waals surface area contributed by atoms with Crippen LogP contribution >= 0.6 is 0 Å². The number of carbonyl (C=O) groups is 2. The van der Waals surface area contributed by atoms with Gasteiger partial charge in [-0.2, -0.15) is 0 Å². The highest BCUT2D eigenvalue weighted by Crippen LogP contribution is 2.52. The molecule has 3 aliphatic rings. The number of ether oxygens (including phenoxy) is 3. The van der Waals surface area contributed by atoms with E-state index in [2.05, 4.69) is 27.0 Å². The van der Waals surface area contributed by atoms with Gasteiger partial charge in [0.1, 0.15) is 0 Å². The summed E-state index contributed by atoms with van der Waals surface area (Å²) in [5.41, 5.74) is 0.841. The molecule has 5 atom stereocenters. The molecule has 0 heterocycles. The number of hydrogen-bond donors (Lipinski definition) is 2. The van der Waals surface area contributed by atoms with Crippen LogP contribution in [-0.2, 0) is 23.8 Å². The summed E-state index contributed by atoms with van der Waals surface area (Å²) in [7, 11) is 0. The lowest BCUT2D eigenvalue weighted by molar-refractivity contribution is -0.139. The van der Waals surface area contributed by atoms with E-state index in [4.69, 9.17) is 14.2 Å². The van der Waals surface area contributed by atoms with E-state index >= 15 is 0 Å². The third-order valence-electron chi connectivity index (χ3n) is 12.2. The van der Waals surface area contributed by atoms with Gasteiger partial charge < -0.3 is 24.4 Å². The molecule has 0 bridgehead atoms. The van der Waals surface area contributed by atoms with Crippen LogP contribution in [0.3, 0.4) is 0 Å². The van der Waals surface area contributed by atoms with Crippen molar-refractivity contribution in [3.05, 3.63) is 24.3 Å². The molecule has 0 aromatic carbocycles. The zero-order valence-electron chi connectivity index (χ0n) is 31.0. The van der Waals surface area contributed by atoms with Crippen LogP contribution in [0.25, 0.3) is 0 Å². The average molecular weight is 675 g/mol. The van der Waals surface area contributed by atoms with Crippen molar-refractivity contribution in [1.29, 1.82) is 0 Å². The lowest BCUT2D eigenvalue weighted by atomic mass is 9.58. The van der Waals surface area contributed by atoms with Crippen LogP contribution in [0.5, 0.6) is 0 Å². The Morgan fingerprint density at radius 3 is 1.73 bits per heavy atom. The minimum atomic E-state index is -0.336. The molecule has 3 saturated carbocycles. The molecule has 5 unspecified atom stereocenters. The van der Waals surface area contributed by atoms with Gasteiger partial charge in [0.2, 0.25) is 0 Å². The molecule has 276 valence electrons. The van der Waals surface area contributed by atoms with E-state index in [0.717, 1.165) is 68.1 Å². The average Bonchev–Trinajstić information content (AvgIpc) is 3.07. The van der Waals surface area contributed by atoms with Gasteiger partial charge in [0.05, 0.1) is 19.3 Å². The van der Waals surface area contributed by atoms with Crippen molar-refractivity contribution in [1.82, 2.24) is 0 Å². The van der Waals surface area contributed by atoms with Crippen molar-refractivity contribution in [2.75, 3.05) is 33.0 Å². The molecule has 48 heavy (non-hydrogen) atoms. The Morgan fingerprint density at radius 2 is 1.23 bits per heavy atom. The fraction of sp³-hybridized carbons (Fsp3) is 0.854. The monoisotopic (exact) mass is 675 g/mol. The first-order valence-corrected chi connectivity index (χ1v) is 19.6. The summed E-state index contributed by atoms with van der Waals surface area (Å²) in [4.78, 5) is 24.2. The van der Waals surface area contributed by atoms with Gasteiger partial charge >= 0.3 is 11.9 Å². The van der Waals surface area contributed by atoms with Crippen molar-refractivity contribution in [3.8, 4) is 0 Å². The molecule has 3 rings (SSSR count). The Kier molecular flexibility index (Phi) is 18.2. The third kappa shape index (κ3) is 12.9. The van der Waals surface area contributed by atoms with Crippen molar-refractivity contribution in [3.63, 3.8) is 0 Å². The van der Waals surface area contributed by atoms with E-state index in [9.17, 15) is 19.8 Å². The minimum absolute atomic E-state index is 0.0400. The second kappa shape index (κ2) is 21.5. The molecular formula is C41H70O7. The number of aliphatic hydroxyl groups excluding tert-OH is 2. The molecule has 0 radical (unpaired) electrons. The fourth-order valence-electron chi connectivity index (χ4n) is 9.42. The molecule has 0 spiro atoms. The van der Waals surface area contributed by atoms with E-state index in [0.29, 0.717) is 55.1 Å². The lowest BCUT2D eigenvalue weighted by Gasteiger charge is -2.49. The van der Waals surface area contributed by atoms with Gasteiger partial charge in [-0.3, -0.25) is 0 Å². The molecule has 0 aromatic rings. The third-order valence-corrected chi connectivity index (χ3v) is 12.2. The molecule has 3 aliphatic carbocycles. The number of esters is 2. The van der Waals surface area contributed by atoms with E-state index in [1.807, 2.05) is 0 Å². The standard InChI is InChI=1S/C41H70O7/c1-7-10-34-23-33(32-15-13-30(6)14-16-32)17-18-38(34)37-24-35(11-8-20-47-40(44)28(2)3)39(46-22-19-31(26-42)27-43)36(25-37)12-9-21-48-41(45)29(4)5/h30-39,42-43H,2,4,7-27H2,1,3,5-6H3. The SMILES string of the molecule is C=C(C)C(=O)OCCCC1CC(C2CCC(C3CCC(C)CC3)CC2CCC)CC(CCCOC(=O)C(=C)C)C1OCCC(CO)CO. The Hall–Kier alpha value is -1.70. The summed E-state index contributed by atoms with van der Waals surface area (Å²) in [6.45, 7) is 16.7. The van der Waals surface area contributed by atoms with Gasteiger partial charge in [0, 0.05) is 36.9 Å². The van der Waals surface area contributed by atoms with Crippen molar-refractivity contribution >= 4 is 11.9 Å². The Balaban J connectivity index is 1.78. The van der Waals surface area contributed by atoms with Gasteiger partial charge in [-0.15, -0.1) is 0 Å². The van der Waals surface area contributed by atoms with Crippen molar-refractivity contribution in [2.45, 2.75) is 137 Å². The maximum atomic E-state index is 12.1. The van der Waals surface area contributed by atoms with E-state index in [1.54, 1.807) is 13.8 Å². The Morgan fingerprint density at radius 1 is 0.708 bits per heavy atom. The largest absolute Gasteiger partial charge is 0.462 e. The van der Waals surface area contributed by atoms with Crippen molar-refractivity contribution in [2.24, 2.45) is 53.3 Å². The zero-order valence-corrected chi connectivity index (χ0v) is 31.0. The number of rotatable bonds is 20. The summed E-state index contributed by atoms with van der Waals surface area (Å²) in [6, 6.07) is 0. The van der Waals surface area contributed by atoms with Crippen LogP contribution < -0.4 is 0 Å². The van der Waals surface area contributed by atoms with Gasteiger partial charge in [-0.05, 0) is 138 Å². The first-order valence-electron chi connectivity index (χ1n) is 19.6. The number of carbonyl (C=O) groups excluding carboxylic acids is 2. The molecule has 0 saturated heterocycles. The first-order chi connectivity index (χ1) is 23.1. The van der Waals surface area contributed by atoms with Gasteiger partial charge in [0.25, 0.3) is 0 Å². The first kappa shape index (κ1) is 40.7. The van der Waals surface area contributed by atoms with E-state index in [1.165, 1.54) is 57.8 Å². The molecule has 7 heteroatoms. The predicted molar refractivity (Wildman–Crippen MR) is 192 cm³/mol. The van der Waals surface area contributed by atoms with E-state index in [-0.39, 0.29) is 37.2 Å².